The molecular formula is C17H19N3. The maximum atomic E-state index is 4.19. The molecule has 3 rings (SSSR count). The molecule has 0 amide bonds. The quantitative estimate of drug-likeness (QED) is 0.768. The first kappa shape index (κ1) is 12.9. The van der Waals surface area contributed by atoms with Crippen LogP contribution in [0.4, 0.5) is 0 Å². The largest absolute Gasteiger partial charge is 0.343 e. The summed E-state index contributed by atoms with van der Waals surface area (Å²) in [6.45, 7) is 4.90. The molecule has 20 heavy (non-hydrogen) atoms. The summed E-state index contributed by atoms with van der Waals surface area (Å²) < 4.78 is 2.30. The van der Waals surface area contributed by atoms with E-state index in [0.29, 0.717) is 0 Å². The van der Waals surface area contributed by atoms with E-state index < -0.39 is 0 Å². The van der Waals surface area contributed by atoms with Crippen molar-refractivity contribution in [3.63, 3.8) is 0 Å². The van der Waals surface area contributed by atoms with Gasteiger partial charge in [0.05, 0.1) is 0 Å². The minimum atomic E-state index is 0.862. The summed E-state index contributed by atoms with van der Waals surface area (Å²) in [4.78, 5) is 4.19. The molecule has 0 aliphatic heterocycles. The Morgan fingerprint density at radius 3 is 2.85 bits per heavy atom. The van der Waals surface area contributed by atoms with Crippen LogP contribution in [0.5, 0.6) is 0 Å². The number of hydrogen-bond donors (Lipinski definition) is 1. The fourth-order valence-electron chi connectivity index (χ4n) is 2.54. The smallest absolute Gasteiger partial charge is 0.0491 e. The van der Waals surface area contributed by atoms with Crippen LogP contribution in [0.15, 0.2) is 55.0 Å². The minimum Gasteiger partial charge on any atom is -0.343 e. The zero-order valence-corrected chi connectivity index (χ0v) is 11.7. The Bertz CT molecular complexity index is 686. The van der Waals surface area contributed by atoms with E-state index in [-0.39, 0.29) is 0 Å². The SMILES string of the molecule is CCNCc1cn(Cc2cccnc2)c2ccccc12. The number of fused-ring (bicyclic) bond motifs is 1. The summed E-state index contributed by atoms with van der Waals surface area (Å²) >= 11 is 0. The third-order valence-electron chi connectivity index (χ3n) is 3.51. The zero-order valence-electron chi connectivity index (χ0n) is 11.7. The first-order valence-corrected chi connectivity index (χ1v) is 7.05. The van der Waals surface area contributed by atoms with E-state index in [0.717, 1.165) is 19.6 Å². The van der Waals surface area contributed by atoms with Gasteiger partial charge in [0.15, 0.2) is 0 Å². The van der Waals surface area contributed by atoms with Crippen molar-refractivity contribution in [3.8, 4) is 0 Å². The van der Waals surface area contributed by atoms with E-state index in [1.807, 2.05) is 18.5 Å². The van der Waals surface area contributed by atoms with Gasteiger partial charge in [-0.15, -0.1) is 0 Å². The zero-order chi connectivity index (χ0) is 13.8. The third-order valence-corrected chi connectivity index (χ3v) is 3.51. The highest BCUT2D eigenvalue weighted by molar-refractivity contribution is 5.84. The minimum absolute atomic E-state index is 0.862. The number of aromatic nitrogens is 2. The fraction of sp³-hybridized carbons (Fsp3) is 0.235. The first-order valence-electron chi connectivity index (χ1n) is 7.05. The Hall–Kier alpha value is -2.13. The van der Waals surface area contributed by atoms with Crippen LogP contribution >= 0.6 is 0 Å². The summed E-state index contributed by atoms with van der Waals surface area (Å²) in [6.07, 6.45) is 5.99. The van der Waals surface area contributed by atoms with Gasteiger partial charge in [0.2, 0.25) is 0 Å². The van der Waals surface area contributed by atoms with Crippen LogP contribution in [-0.4, -0.2) is 16.1 Å². The number of benzene rings is 1. The van der Waals surface area contributed by atoms with E-state index in [2.05, 4.69) is 58.3 Å². The van der Waals surface area contributed by atoms with Crippen LogP contribution in [0.2, 0.25) is 0 Å². The Morgan fingerprint density at radius 1 is 1.15 bits per heavy atom. The van der Waals surface area contributed by atoms with Crippen molar-refractivity contribution in [3.05, 3.63) is 66.1 Å². The highest BCUT2D eigenvalue weighted by Crippen LogP contribution is 2.22. The fourth-order valence-corrected chi connectivity index (χ4v) is 2.54. The average molecular weight is 265 g/mol. The highest BCUT2D eigenvalue weighted by atomic mass is 15.0. The standard InChI is InChI=1S/C17H19N3/c1-2-18-11-15-13-20(12-14-6-5-9-19-10-14)17-8-4-3-7-16(15)17/h3-10,13,18H,2,11-12H2,1H3. The number of nitrogens with zero attached hydrogens (tertiary/aromatic N) is 2. The molecule has 0 bridgehead atoms. The Kier molecular flexibility index (Phi) is 3.79. The summed E-state index contributed by atoms with van der Waals surface area (Å²) in [5.41, 5.74) is 3.86. The maximum absolute atomic E-state index is 4.19. The van der Waals surface area contributed by atoms with E-state index in [1.165, 1.54) is 22.0 Å². The lowest BCUT2D eigenvalue weighted by Crippen LogP contribution is -2.11. The molecule has 0 saturated carbocycles. The molecule has 0 spiro atoms. The summed E-state index contributed by atoms with van der Waals surface area (Å²) in [7, 11) is 0. The monoisotopic (exact) mass is 265 g/mol. The number of hydrogen-bond acceptors (Lipinski definition) is 2. The lowest BCUT2D eigenvalue weighted by molar-refractivity contribution is 0.724. The molecule has 0 aliphatic carbocycles. The second-order valence-electron chi connectivity index (χ2n) is 4.94. The predicted octanol–water partition coefficient (Wildman–Crippen LogP) is 3.19. The second-order valence-corrected chi connectivity index (χ2v) is 4.94. The van der Waals surface area contributed by atoms with E-state index >= 15 is 0 Å². The maximum Gasteiger partial charge on any atom is 0.0491 e. The molecule has 3 aromatic rings. The molecule has 0 aliphatic rings. The van der Waals surface area contributed by atoms with Gasteiger partial charge in [-0.1, -0.05) is 31.2 Å². The van der Waals surface area contributed by atoms with E-state index in [9.17, 15) is 0 Å². The van der Waals surface area contributed by atoms with Gasteiger partial charge in [-0.25, -0.2) is 0 Å². The van der Waals surface area contributed by atoms with Gasteiger partial charge in [0.1, 0.15) is 0 Å². The van der Waals surface area contributed by atoms with Crippen molar-refractivity contribution < 1.29 is 0 Å². The number of pyridine rings is 1. The van der Waals surface area contributed by atoms with Gasteiger partial charge in [0, 0.05) is 42.6 Å². The molecule has 0 atom stereocenters. The number of nitrogens with one attached hydrogen (secondary N) is 1. The third kappa shape index (κ3) is 2.58. The predicted molar refractivity (Wildman–Crippen MR) is 82.7 cm³/mol. The Labute approximate surface area is 119 Å². The first-order chi connectivity index (χ1) is 9.88. The van der Waals surface area contributed by atoms with Gasteiger partial charge in [-0.05, 0) is 29.8 Å². The highest BCUT2D eigenvalue weighted by Gasteiger charge is 2.07. The van der Waals surface area contributed by atoms with Crippen LogP contribution in [0.1, 0.15) is 18.1 Å². The van der Waals surface area contributed by atoms with Gasteiger partial charge in [-0.3, -0.25) is 4.98 Å². The van der Waals surface area contributed by atoms with Crippen LogP contribution < -0.4 is 5.32 Å². The molecule has 3 nitrogen and oxygen atoms in total. The molecule has 0 radical (unpaired) electrons. The molecule has 102 valence electrons. The van der Waals surface area contributed by atoms with E-state index in [4.69, 9.17) is 0 Å². The van der Waals surface area contributed by atoms with Crippen LogP contribution in [0, 0.1) is 0 Å². The average Bonchev–Trinajstić information content (AvgIpc) is 2.85. The van der Waals surface area contributed by atoms with Crippen molar-refractivity contribution in [1.29, 1.82) is 0 Å². The molecule has 2 heterocycles. The molecule has 0 unspecified atom stereocenters. The van der Waals surface area contributed by atoms with Crippen molar-refractivity contribution in [2.24, 2.45) is 0 Å². The lowest BCUT2D eigenvalue weighted by atomic mass is 10.2. The molecular weight excluding hydrogens is 246 g/mol. The molecule has 1 aromatic carbocycles. The van der Waals surface area contributed by atoms with Crippen molar-refractivity contribution >= 4 is 10.9 Å². The number of rotatable bonds is 5. The van der Waals surface area contributed by atoms with Gasteiger partial charge in [-0.2, -0.15) is 0 Å². The van der Waals surface area contributed by atoms with E-state index in [1.54, 1.807) is 0 Å². The second kappa shape index (κ2) is 5.88. The molecule has 0 saturated heterocycles. The lowest BCUT2D eigenvalue weighted by Gasteiger charge is -2.04. The Morgan fingerprint density at radius 2 is 2.05 bits per heavy atom. The Balaban J connectivity index is 1.98. The van der Waals surface area contributed by atoms with Gasteiger partial charge in [0.25, 0.3) is 0 Å². The normalized spacial score (nSPS) is 11.1. The van der Waals surface area contributed by atoms with Crippen molar-refractivity contribution in [1.82, 2.24) is 14.9 Å². The summed E-state index contributed by atoms with van der Waals surface area (Å²) in [6, 6.07) is 12.7. The molecule has 2 aromatic heterocycles. The number of para-hydroxylation sites is 1. The molecule has 0 fully saturated rings. The van der Waals surface area contributed by atoms with Crippen LogP contribution in [-0.2, 0) is 13.1 Å². The van der Waals surface area contributed by atoms with Crippen LogP contribution in [0.25, 0.3) is 10.9 Å². The summed E-state index contributed by atoms with van der Waals surface area (Å²) in [5.74, 6) is 0. The van der Waals surface area contributed by atoms with Crippen molar-refractivity contribution in [2.45, 2.75) is 20.0 Å². The van der Waals surface area contributed by atoms with Gasteiger partial charge >= 0.3 is 0 Å². The topological polar surface area (TPSA) is 29.9 Å². The van der Waals surface area contributed by atoms with Crippen molar-refractivity contribution in [2.75, 3.05) is 6.54 Å². The summed E-state index contributed by atoms with van der Waals surface area (Å²) in [5, 5.41) is 4.74. The van der Waals surface area contributed by atoms with Crippen LogP contribution in [0.3, 0.4) is 0 Å². The molecule has 3 heteroatoms. The molecule has 1 N–H and O–H groups in total. The van der Waals surface area contributed by atoms with Gasteiger partial charge < -0.3 is 9.88 Å².